The summed E-state index contributed by atoms with van der Waals surface area (Å²) in [4.78, 5) is 26.4. The van der Waals surface area contributed by atoms with Crippen LogP contribution in [0.15, 0.2) is 0 Å². The molecule has 0 aromatic heterocycles. The first kappa shape index (κ1) is 13.6. The fraction of sp³-hybridized carbons (Fsp3) is 0.600. The van der Waals surface area contributed by atoms with Gasteiger partial charge in [-0.15, -0.1) is 0 Å². The van der Waals surface area contributed by atoms with Gasteiger partial charge in [0.1, 0.15) is 6.61 Å². The second-order valence-electron chi connectivity index (χ2n) is 2.16. The zero-order valence-corrected chi connectivity index (χ0v) is 8.67. The number of rotatable bonds is 6. The van der Waals surface area contributed by atoms with Crippen LogP contribution in [-0.4, -0.2) is 33.6 Å². The number of nitrogens with two attached hydrogens (primary N) is 1. The smallest absolute Gasteiger partial charge is 0.421 e. The molecule has 0 aliphatic heterocycles. The van der Waals surface area contributed by atoms with Crippen molar-refractivity contribution in [2.75, 3.05) is 13.2 Å². The molecule has 88 valence electrons. The van der Waals surface area contributed by atoms with Gasteiger partial charge >= 0.3 is 16.3 Å². The number of amides is 2. The van der Waals surface area contributed by atoms with Crippen LogP contribution in [0.25, 0.3) is 0 Å². The fourth-order valence-electron chi connectivity index (χ4n) is 0.469. The van der Waals surface area contributed by atoms with E-state index in [0.29, 0.717) is 0 Å². The molecule has 0 radical (unpaired) electrons. The first-order valence-electron chi connectivity index (χ1n) is 3.73. The van der Waals surface area contributed by atoms with Crippen molar-refractivity contribution in [3.63, 3.8) is 0 Å². The Balaban J connectivity index is 3.97. The highest BCUT2D eigenvalue weighted by atomic mass is 32.2. The van der Waals surface area contributed by atoms with Gasteiger partial charge in [0, 0.05) is 0 Å². The van der Waals surface area contributed by atoms with E-state index in [1.165, 1.54) is 16.5 Å². The molecule has 0 fully saturated rings. The zero-order valence-electron chi connectivity index (χ0n) is 7.85. The van der Waals surface area contributed by atoms with E-state index in [0.717, 1.165) is 0 Å². The van der Waals surface area contributed by atoms with Gasteiger partial charge in [-0.1, -0.05) is 4.89 Å². The van der Waals surface area contributed by atoms with Crippen molar-refractivity contribution >= 4 is 22.2 Å². The van der Waals surface area contributed by atoms with E-state index >= 15 is 0 Å². The molecule has 9 nitrogen and oxygen atoms in total. The lowest BCUT2D eigenvalue weighted by atomic mass is 10.7. The predicted molar refractivity (Wildman–Crippen MR) is 47.4 cm³/mol. The van der Waals surface area contributed by atoms with E-state index < -0.39 is 28.8 Å². The monoisotopic (exact) mass is 241 g/mol. The average molecular weight is 241 g/mol. The lowest BCUT2D eigenvalue weighted by molar-refractivity contribution is -0.123. The molecule has 0 bridgehead atoms. The van der Waals surface area contributed by atoms with E-state index in [-0.39, 0.29) is 6.61 Å². The van der Waals surface area contributed by atoms with Crippen LogP contribution in [0.3, 0.4) is 0 Å². The minimum Gasteiger partial charge on any atom is -0.449 e. The van der Waals surface area contributed by atoms with Crippen molar-refractivity contribution in [3.05, 3.63) is 0 Å². The Morgan fingerprint density at radius 1 is 1.40 bits per heavy atom. The van der Waals surface area contributed by atoms with Gasteiger partial charge in [0.25, 0.3) is 0 Å². The van der Waals surface area contributed by atoms with E-state index in [4.69, 9.17) is 0 Å². The summed E-state index contributed by atoms with van der Waals surface area (Å²) in [5.41, 5.74) is 4.66. The number of ether oxygens (including phenoxy) is 1. The van der Waals surface area contributed by atoms with Gasteiger partial charge in [-0.05, 0) is 6.92 Å². The molecule has 0 aromatic rings. The van der Waals surface area contributed by atoms with Crippen molar-refractivity contribution in [3.8, 4) is 0 Å². The summed E-state index contributed by atoms with van der Waals surface area (Å²) in [7, 11) is -4.20. The summed E-state index contributed by atoms with van der Waals surface area (Å²) in [6, 6.07) is 0. The van der Waals surface area contributed by atoms with E-state index in [2.05, 4.69) is 15.3 Å². The minimum atomic E-state index is -4.20. The zero-order chi connectivity index (χ0) is 11.9. The molecule has 0 aliphatic carbocycles. The Kier molecular flexibility index (Phi) is 5.59. The Labute approximate surface area is 86.0 Å². The molecule has 4 N–H and O–H groups in total. The Morgan fingerprint density at radius 3 is 2.47 bits per heavy atom. The van der Waals surface area contributed by atoms with Crippen molar-refractivity contribution in [2.24, 2.45) is 5.73 Å². The number of hydrogen-bond donors (Lipinski definition) is 3. The SMILES string of the molecule is CCOC(=O)NS(=O)(=O)NOCC(N)=O. The van der Waals surface area contributed by atoms with Crippen LogP contribution in [0, 0.1) is 0 Å². The molecule has 0 saturated carbocycles. The molecule has 0 heterocycles. The highest BCUT2D eigenvalue weighted by Crippen LogP contribution is 1.82. The van der Waals surface area contributed by atoms with Gasteiger partial charge in [0.15, 0.2) is 0 Å². The summed E-state index contributed by atoms with van der Waals surface area (Å²) in [5.74, 6) is -0.867. The minimum absolute atomic E-state index is 0.0174. The first-order valence-corrected chi connectivity index (χ1v) is 5.22. The van der Waals surface area contributed by atoms with E-state index in [1.54, 1.807) is 0 Å². The summed E-state index contributed by atoms with van der Waals surface area (Å²) in [5, 5.41) is 0. The van der Waals surface area contributed by atoms with Gasteiger partial charge < -0.3 is 10.5 Å². The van der Waals surface area contributed by atoms with Crippen LogP contribution in [0.2, 0.25) is 0 Å². The third-order valence-corrected chi connectivity index (χ3v) is 1.65. The maximum Gasteiger partial charge on any atom is 0.421 e. The molecule has 10 heteroatoms. The van der Waals surface area contributed by atoms with Gasteiger partial charge in [-0.2, -0.15) is 8.42 Å². The van der Waals surface area contributed by atoms with Gasteiger partial charge in [0.2, 0.25) is 5.91 Å². The summed E-state index contributed by atoms with van der Waals surface area (Å²) in [6.45, 7) is 0.871. The molecule has 0 spiro atoms. The van der Waals surface area contributed by atoms with Crippen molar-refractivity contribution < 1.29 is 27.6 Å². The summed E-state index contributed by atoms with van der Waals surface area (Å²) in [6.07, 6.45) is -1.16. The normalized spacial score (nSPS) is 10.7. The topological polar surface area (TPSA) is 137 Å². The summed E-state index contributed by atoms with van der Waals surface area (Å²) >= 11 is 0. The Hall–Kier alpha value is -1.39. The lowest BCUT2D eigenvalue weighted by Crippen LogP contribution is -2.41. The molecule has 0 unspecified atom stereocenters. The quantitative estimate of drug-likeness (QED) is 0.459. The van der Waals surface area contributed by atoms with Gasteiger partial charge in [-0.25, -0.2) is 9.52 Å². The maximum atomic E-state index is 10.9. The van der Waals surface area contributed by atoms with Crippen LogP contribution < -0.4 is 15.3 Å². The fourth-order valence-corrected chi connectivity index (χ4v) is 1.00. The highest BCUT2D eigenvalue weighted by Gasteiger charge is 2.14. The van der Waals surface area contributed by atoms with Crippen LogP contribution in [-0.2, 0) is 24.6 Å². The van der Waals surface area contributed by atoms with Crippen molar-refractivity contribution in [2.45, 2.75) is 6.92 Å². The van der Waals surface area contributed by atoms with Crippen LogP contribution >= 0.6 is 0 Å². The van der Waals surface area contributed by atoms with E-state index in [9.17, 15) is 18.0 Å². The third kappa shape index (κ3) is 7.66. The molecule has 0 rings (SSSR count). The third-order valence-electron chi connectivity index (χ3n) is 0.876. The Bertz CT molecular complexity index is 326. The number of nitrogens with one attached hydrogen (secondary N) is 2. The largest absolute Gasteiger partial charge is 0.449 e. The lowest BCUT2D eigenvalue weighted by Gasteiger charge is -2.06. The molecule has 0 saturated heterocycles. The Morgan fingerprint density at radius 2 is 2.00 bits per heavy atom. The molecule has 15 heavy (non-hydrogen) atoms. The number of primary amides is 1. The van der Waals surface area contributed by atoms with Crippen molar-refractivity contribution in [1.82, 2.24) is 9.61 Å². The molecule has 0 aromatic carbocycles. The van der Waals surface area contributed by atoms with Crippen LogP contribution in [0.1, 0.15) is 6.92 Å². The number of hydrogen-bond acceptors (Lipinski definition) is 6. The molecule has 0 aliphatic rings. The molecule has 2 amide bonds. The highest BCUT2D eigenvalue weighted by molar-refractivity contribution is 7.87. The molecular formula is C5H11N3O6S. The second kappa shape index (κ2) is 6.16. The molecular weight excluding hydrogens is 230 g/mol. The van der Waals surface area contributed by atoms with Crippen LogP contribution in [0.4, 0.5) is 4.79 Å². The second-order valence-corrected chi connectivity index (χ2v) is 3.54. The number of carbonyl (C=O) groups is 2. The van der Waals surface area contributed by atoms with Gasteiger partial charge in [0.05, 0.1) is 6.61 Å². The number of carbonyl (C=O) groups excluding carboxylic acids is 2. The average Bonchev–Trinajstić information content (AvgIpc) is 2.01. The predicted octanol–water partition coefficient (Wildman–Crippen LogP) is -2.02. The van der Waals surface area contributed by atoms with Gasteiger partial charge in [-0.3, -0.25) is 9.63 Å². The summed E-state index contributed by atoms with van der Waals surface area (Å²) < 4.78 is 27.5. The van der Waals surface area contributed by atoms with Crippen molar-refractivity contribution in [1.29, 1.82) is 0 Å². The standard InChI is InChI=1S/C5H11N3O6S/c1-2-13-5(10)7-15(11,12)8-14-3-4(6)9/h8H,2-3H2,1H3,(H2,6,9)(H,7,10). The van der Waals surface area contributed by atoms with Crippen LogP contribution in [0.5, 0.6) is 0 Å². The van der Waals surface area contributed by atoms with E-state index in [1.807, 2.05) is 0 Å². The maximum absolute atomic E-state index is 10.9. The first-order chi connectivity index (χ1) is 6.87. The molecule has 0 atom stereocenters.